The monoisotopic (exact) mass is 403 g/mol. The molecule has 0 saturated heterocycles. The predicted molar refractivity (Wildman–Crippen MR) is 101 cm³/mol. The van der Waals surface area contributed by atoms with Crippen LogP contribution in [0.3, 0.4) is 0 Å². The summed E-state index contributed by atoms with van der Waals surface area (Å²) in [5.41, 5.74) is 1.07. The Kier molecular flexibility index (Phi) is 5.01. The third-order valence-electron chi connectivity index (χ3n) is 3.45. The van der Waals surface area contributed by atoms with Gasteiger partial charge in [0.2, 0.25) is 5.91 Å². The number of carbonyl (C=O) groups excluding carboxylic acids is 1. The van der Waals surface area contributed by atoms with Gasteiger partial charge in [-0.3, -0.25) is 14.2 Å². The maximum Gasteiger partial charge on any atom is 0.261 e. The number of halogens is 1. The lowest BCUT2D eigenvalue weighted by molar-refractivity contribution is -0.116. The topological polar surface area (TPSA) is 64.0 Å². The summed E-state index contributed by atoms with van der Waals surface area (Å²) in [6.45, 7) is -0.0855. The Hall–Kier alpha value is -2.12. The summed E-state index contributed by atoms with van der Waals surface area (Å²) >= 11 is 4.94. The van der Waals surface area contributed by atoms with Crippen molar-refractivity contribution >= 4 is 50.2 Å². The van der Waals surface area contributed by atoms with Gasteiger partial charge in [0.05, 0.1) is 17.2 Å². The van der Waals surface area contributed by atoms with Gasteiger partial charge in [-0.1, -0.05) is 22.0 Å². The minimum Gasteiger partial charge on any atom is -0.324 e. The normalized spacial score (nSPS) is 10.8. The first kappa shape index (κ1) is 16.7. The smallest absolute Gasteiger partial charge is 0.261 e. The number of carbonyl (C=O) groups is 1. The molecule has 0 spiro atoms. The molecule has 1 aromatic heterocycles. The van der Waals surface area contributed by atoms with E-state index in [9.17, 15) is 9.59 Å². The lowest BCUT2D eigenvalue weighted by atomic mass is 10.2. The molecule has 1 amide bonds. The van der Waals surface area contributed by atoms with Crippen molar-refractivity contribution in [2.75, 3.05) is 11.6 Å². The second kappa shape index (κ2) is 7.19. The molecule has 2 aromatic carbocycles. The van der Waals surface area contributed by atoms with Crippen LogP contribution in [0, 0.1) is 0 Å². The first-order valence-electron chi connectivity index (χ1n) is 7.15. The van der Waals surface area contributed by atoms with Crippen molar-refractivity contribution in [3.63, 3.8) is 0 Å². The number of nitrogens with one attached hydrogen (secondary N) is 1. The number of rotatable bonds is 4. The van der Waals surface area contributed by atoms with Gasteiger partial charge in [0.15, 0.2) is 0 Å². The number of hydrogen-bond acceptors (Lipinski definition) is 4. The lowest BCUT2D eigenvalue weighted by Gasteiger charge is -2.09. The molecule has 5 nitrogen and oxygen atoms in total. The minimum absolute atomic E-state index is 0.0855. The lowest BCUT2D eigenvalue weighted by Crippen LogP contribution is -2.27. The molecule has 0 atom stereocenters. The molecule has 0 aliphatic rings. The van der Waals surface area contributed by atoms with Gasteiger partial charge in [0.25, 0.3) is 5.56 Å². The van der Waals surface area contributed by atoms with Gasteiger partial charge in [-0.15, -0.1) is 11.8 Å². The Labute approximate surface area is 151 Å². The first-order valence-corrected chi connectivity index (χ1v) is 9.17. The van der Waals surface area contributed by atoms with E-state index in [2.05, 4.69) is 26.2 Å². The van der Waals surface area contributed by atoms with Crippen molar-refractivity contribution in [3.05, 3.63) is 63.6 Å². The maximum atomic E-state index is 12.5. The van der Waals surface area contributed by atoms with Gasteiger partial charge in [-0.05, 0) is 42.7 Å². The van der Waals surface area contributed by atoms with E-state index < -0.39 is 0 Å². The molecule has 0 radical (unpaired) electrons. The van der Waals surface area contributed by atoms with Crippen molar-refractivity contribution in [2.24, 2.45) is 0 Å². The zero-order valence-electron chi connectivity index (χ0n) is 12.8. The Bertz CT molecular complexity index is 971. The van der Waals surface area contributed by atoms with Crippen LogP contribution in [0.4, 0.5) is 5.69 Å². The largest absolute Gasteiger partial charge is 0.324 e. The number of nitrogens with zero attached hydrogens (tertiary/aromatic N) is 2. The summed E-state index contributed by atoms with van der Waals surface area (Å²) in [7, 11) is 0. The zero-order chi connectivity index (χ0) is 17.1. The van der Waals surface area contributed by atoms with Crippen LogP contribution in [-0.2, 0) is 11.3 Å². The van der Waals surface area contributed by atoms with Crippen molar-refractivity contribution in [2.45, 2.75) is 11.4 Å². The average Bonchev–Trinajstić information content (AvgIpc) is 2.58. The molecule has 122 valence electrons. The molecular weight excluding hydrogens is 390 g/mol. The van der Waals surface area contributed by atoms with Gasteiger partial charge < -0.3 is 5.32 Å². The molecule has 3 aromatic rings. The number of hydrogen-bond donors (Lipinski definition) is 1. The molecule has 24 heavy (non-hydrogen) atoms. The van der Waals surface area contributed by atoms with Gasteiger partial charge in [0.1, 0.15) is 6.54 Å². The van der Waals surface area contributed by atoms with Gasteiger partial charge >= 0.3 is 0 Å². The van der Waals surface area contributed by atoms with Crippen LogP contribution >= 0.6 is 27.7 Å². The quantitative estimate of drug-likeness (QED) is 0.676. The highest BCUT2D eigenvalue weighted by Gasteiger charge is 2.09. The van der Waals surface area contributed by atoms with Crippen LogP contribution in [0.25, 0.3) is 10.9 Å². The van der Waals surface area contributed by atoms with Crippen molar-refractivity contribution < 1.29 is 4.79 Å². The number of thioether (sulfide) groups is 1. The molecule has 0 fully saturated rings. The van der Waals surface area contributed by atoms with Gasteiger partial charge in [-0.25, -0.2) is 4.98 Å². The Morgan fingerprint density at radius 2 is 2.12 bits per heavy atom. The van der Waals surface area contributed by atoms with Crippen LogP contribution in [0.5, 0.6) is 0 Å². The molecule has 7 heteroatoms. The Morgan fingerprint density at radius 3 is 2.92 bits per heavy atom. The molecular formula is C17H14BrN3O2S. The van der Waals surface area contributed by atoms with E-state index in [4.69, 9.17) is 0 Å². The van der Waals surface area contributed by atoms with E-state index in [1.54, 1.807) is 23.9 Å². The summed E-state index contributed by atoms with van der Waals surface area (Å²) in [6, 6.07) is 12.8. The van der Waals surface area contributed by atoms with E-state index in [1.165, 1.54) is 10.9 Å². The van der Waals surface area contributed by atoms with Crippen LogP contribution in [0.1, 0.15) is 0 Å². The average molecular weight is 404 g/mol. The molecule has 0 bridgehead atoms. The van der Waals surface area contributed by atoms with Crippen LogP contribution in [0.15, 0.2) is 63.0 Å². The van der Waals surface area contributed by atoms with Crippen molar-refractivity contribution in [1.29, 1.82) is 0 Å². The fourth-order valence-corrected chi connectivity index (χ4v) is 3.12. The van der Waals surface area contributed by atoms with E-state index in [1.807, 2.05) is 36.6 Å². The minimum atomic E-state index is -0.272. The number of fused-ring (bicyclic) bond motifs is 1. The molecule has 1 N–H and O–H groups in total. The number of benzene rings is 2. The van der Waals surface area contributed by atoms with Crippen LogP contribution in [0.2, 0.25) is 0 Å². The maximum absolute atomic E-state index is 12.5. The van der Waals surface area contributed by atoms with E-state index in [-0.39, 0.29) is 18.0 Å². The van der Waals surface area contributed by atoms with E-state index >= 15 is 0 Å². The third kappa shape index (κ3) is 3.68. The highest BCUT2D eigenvalue weighted by atomic mass is 79.9. The summed E-state index contributed by atoms with van der Waals surface area (Å²) < 4.78 is 2.10. The highest BCUT2D eigenvalue weighted by Crippen LogP contribution is 2.19. The highest BCUT2D eigenvalue weighted by molar-refractivity contribution is 9.10. The van der Waals surface area contributed by atoms with Crippen LogP contribution in [-0.4, -0.2) is 21.7 Å². The molecule has 0 aliphatic heterocycles. The van der Waals surface area contributed by atoms with Crippen molar-refractivity contribution in [1.82, 2.24) is 9.55 Å². The van der Waals surface area contributed by atoms with Crippen molar-refractivity contribution in [3.8, 4) is 0 Å². The summed E-state index contributed by atoms with van der Waals surface area (Å²) in [6.07, 6.45) is 3.37. The molecule has 0 saturated carbocycles. The van der Waals surface area contributed by atoms with E-state index in [0.717, 1.165) is 9.37 Å². The molecule has 0 unspecified atom stereocenters. The number of amides is 1. The Balaban J connectivity index is 1.82. The van der Waals surface area contributed by atoms with Gasteiger partial charge in [-0.2, -0.15) is 0 Å². The SMILES string of the molecule is CSc1cccc(NC(=O)Cn2cnc3ccc(Br)cc3c2=O)c1. The first-order chi connectivity index (χ1) is 11.6. The second-order valence-electron chi connectivity index (χ2n) is 5.12. The third-order valence-corrected chi connectivity index (χ3v) is 4.67. The fourth-order valence-electron chi connectivity index (χ4n) is 2.30. The van der Waals surface area contributed by atoms with Gasteiger partial charge in [0, 0.05) is 15.1 Å². The fraction of sp³-hybridized carbons (Fsp3) is 0.118. The molecule has 0 aliphatic carbocycles. The predicted octanol–water partition coefficient (Wildman–Crippen LogP) is 3.52. The van der Waals surface area contributed by atoms with Crippen LogP contribution < -0.4 is 10.9 Å². The Morgan fingerprint density at radius 1 is 1.29 bits per heavy atom. The van der Waals surface area contributed by atoms with E-state index in [0.29, 0.717) is 16.6 Å². The molecule has 1 heterocycles. The second-order valence-corrected chi connectivity index (χ2v) is 6.91. The summed E-state index contributed by atoms with van der Waals surface area (Å²) in [5.74, 6) is -0.272. The number of anilines is 1. The standard InChI is InChI=1S/C17H14BrN3O2S/c1-24-13-4-2-3-12(8-13)20-16(22)9-21-10-19-15-6-5-11(18)7-14(15)17(21)23/h2-8,10H,9H2,1H3,(H,20,22). The molecule has 3 rings (SSSR count). The number of aromatic nitrogens is 2. The summed E-state index contributed by atoms with van der Waals surface area (Å²) in [5, 5.41) is 3.28. The zero-order valence-corrected chi connectivity index (χ0v) is 15.2. The summed E-state index contributed by atoms with van der Waals surface area (Å²) in [4.78, 5) is 30.0.